The van der Waals surface area contributed by atoms with Crippen LogP contribution in [0, 0.1) is 0 Å². The van der Waals surface area contributed by atoms with E-state index in [1.807, 2.05) is 24.4 Å². The highest BCUT2D eigenvalue weighted by atomic mass is 35.5. The Kier molecular flexibility index (Phi) is 2.65. The highest BCUT2D eigenvalue weighted by molar-refractivity contribution is 6.30. The number of aliphatic hydroxyl groups is 1. The van der Waals surface area contributed by atoms with Gasteiger partial charge in [0, 0.05) is 22.7 Å². The molecule has 3 rings (SSSR count). The third-order valence-corrected chi connectivity index (χ3v) is 3.30. The smallest absolute Gasteiger partial charge is 0.0715 e. The molecule has 0 bridgehead atoms. The molecule has 17 heavy (non-hydrogen) atoms. The Morgan fingerprint density at radius 2 is 2.18 bits per heavy atom. The van der Waals surface area contributed by atoms with Gasteiger partial charge in [-0.25, -0.2) is 4.68 Å². The molecule has 0 spiro atoms. The first-order valence-electron chi connectivity index (χ1n) is 5.73. The number of aliphatic hydroxyl groups excluding tert-OH is 1. The summed E-state index contributed by atoms with van der Waals surface area (Å²) in [7, 11) is 0. The fourth-order valence-corrected chi connectivity index (χ4v) is 2.12. The Labute approximate surface area is 105 Å². The van der Waals surface area contributed by atoms with Crippen LogP contribution in [-0.4, -0.2) is 14.9 Å². The topological polar surface area (TPSA) is 38.0 Å². The van der Waals surface area contributed by atoms with E-state index < -0.39 is 0 Å². The summed E-state index contributed by atoms with van der Waals surface area (Å²) in [6.45, 7) is -0.00881. The van der Waals surface area contributed by atoms with E-state index in [0.717, 1.165) is 16.9 Å². The molecule has 1 saturated carbocycles. The number of benzene rings is 1. The van der Waals surface area contributed by atoms with Crippen LogP contribution in [0.15, 0.2) is 30.5 Å². The number of nitrogens with zero attached hydrogens (tertiary/aromatic N) is 2. The number of hydrogen-bond donors (Lipinski definition) is 1. The van der Waals surface area contributed by atoms with Gasteiger partial charge in [0.15, 0.2) is 0 Å². The largest absolute Gasteiger partial charge is 0.392 e. The summed E-state index contributed by atoms with van der Waals surface area (Å²) in [5.74, 6) is 0.632. The zero-order chi connectivity index (χ0) is 11.8. The van der Waals surface area contributed by atoms with Gasteiger partial charge in [-0.1, -0.05) is 17.7 Å². The van der Waals surface area contributed by atoms with E-state index in [9.17, 15) is 5.11 Å². The molecule has 1 N–H and O–H groups in total. The minimum Gasteiger partial charge on any atom is -0.392 e. The van der Waals surface area contributed by atoms with Crippen molar-refractivity contribution in [2.24, 2.45) is 0 Å². The lowest BCUT2D eigenvalue weighted by molar-refractivity contribution is 0.281. The second-order valence-corrected chi connectivity index (χ2v) is 4.83. The molecule has 2 aromatic rings. The van der Waals surface area contributed by atoms with Crippen molar-refractivity contribution in [3.63, 3.8) is 0 Å². The lowest BCUT2D eigenvalue weighted by Gasteiger charge is -2.07. The molecule has 1 aromatic carbocycles. The minimum absolute atomic E-state index is 0.00881. The molecule has 3 nitrogen and oxygen atoms in total. The van der Waals surface area contributed by atoms with E-state index in [4.69, 9.17) is 11.6 Å². The molecule has 1 heterocycles. The molecule has 1 aromatic heterocycles. The van der Waals surface area contributed by atoms with Crippen LogP contribution >= 0.6 is 11.6 Å². The Hall–Kier alpha value is -1.32. The van der Waals surface area contributed by atoms with Crippen molar-refractivity contribution < 1.29 is 5.11 Å². The van der Waals surface area contributed by atoms with Crippen molar-refractivity contribution >= 4 is 11.6 Å². The van der Waals surface area contributed by atoms with Gasteiger partial charge >= 0.3 is 0 Å². The summed E-state index contributed by atoms with van der Waals surface area (Å²) in [6.07, 6.45) is 4.40. The van der Waals surface area contributed by atoms with E-state index in [2.05, 4.69) is 5.10 Å². The lowest BCUT2D eigenvalue weighted by Crippen LogP contribution is -2.01. The van der Waals surface area contributed by atoms with Gasteiger partial charge in [-0.2, -0.15) is 5.10 Å². The van der Waals surface area contributed by atoms with Crippen molar-refractivity contribution in [1.29, 1.82) is 0 Å². The second kappa shape index (κ2) is 4.17. The predicted molar refractivity (Wildman–Crippen MR) is 66.5 cm³/mol. The normalized spacial score (nSPS) is 15.2. The minimum atomic E-state index is -0.00881. The van der Waals surface area contributed by atoms with E-state index in [0.29, 0.717) is 10.9 Å². The molecule has 0 atom stereocenters. The molecule has 0 amide bonds. The van der Waals surface area contributed by atoms with Crippen LogP contribution in [0.25, 0.3) is 5.69 Å². The third kappa shape index (κ3) is 2.08. The van der Waals surface area contributed by atoms with Gasteiger partial charge in [-0.3, -0.25) is 0 Å². The van der Waals surface area contributed by atoms with Gasteiger partial charge in [-0.15, -0.1) is 0 Å². The fourth-order valence-electron chi connectivity index (χ4n) is 1.95. The Morgan fingerprint density at radius 1 is 1.35 bits per heavy atom. The zero-order valence-corrected chi connectivity index (χ0v) is 10.1. The summed E-state index contributed by atoms with van der Waals surface area (Å²) in [5, 5.41) is 14.5. The molecule has 0 saturated heterocycles. The van der Waals surface area contributed by atoms with Gasteiger partial charge in [0.25, 0.3) is 0 Å². The van der Waals surface area contributed by atoms with Gasteiger partial charge in [0.1, 0.15) is 0 Å². The van der Waals surface area contributed by atoms with Crippen LogP contribution in [0.5, 0.6) is 0 Å². The average molecular weight is 249 g/mol. The highest BCUT2D eigenvalue weighted by Gasteiger charge is 2.26. The lowest BCUT2D eigenvalue weighted by atomic mass is 10.2. The van der Waals surface area contributed by atoms with E-state index in [1.54, 1.807) is 10.7 Å². The van der Waals surface area contributed by atoms with Crippen molar-refractivity contribution in [1.82, 2.24) is 9.78 Å². The highest BCUT2D eigenvalue weighted by Crippen LogP contribution is 2.39. The summed E-state index contributed by atoms with van der Waals surface area (Å²) in [5.41, 5.74) is 2.82. The molecule has 88 valence electrons. The van der Waals surface area contributed by atoms with Gasteiger partial charge in [-0.05, 0) is 31.0 Å². The molecule has 4 heteroatoms. The van der Waals surface area contributed by atoms with Crippen LogP contribution in [0.1, 0.15) is 30.0 Å². The third-order valence-electron chi connectivity index (χ3n) is 3.07. The van der Waals surface area contributed by atoms with E-state index >= 15 is 0 Å². The first kappa shape index (κ1) is 10.8. The van der Waals surface area contributed by atoms with Crippen LogP contribution < -0.4 is 0 Å². The van der Waals surface area contributed by atoms with E-state index in [1.165, 1.54) is 12.8 Å². The van der Waals surface area contributed by atoms with Gasteiger partial charge < -0.3 is 5.11 Å². The SMILES string of the molecule is OCc1ccc(Cl)cc1-n1ccc(C2CC2)n1. The van der Waals surface area contributed by atoms with Crippen molar-refractivity contribution in [3.05, 3.63) is 46.7 Å². The standard InChI is InChI=1S/C13H13ClN2O/c14-11-4-3-10(8-17)13(7-11)16-6-5-12(15-16)9-1-2-9/h3-7,9,17H,1-2,8H2. The second-order valence-electron chi connectivity index (χ2n) is 4.39. The number of aromatic nitrogens is 2. The maximum absolute atomic E-state index is 9.31. The first-order chi connectivity index (χ1) is 8.28. The van der Waals surface area contributed by atoms with Crippen LogP contribution in [0.2, 0.25) is 5.02 Å². The molecular formula is C13H13ClN2O. The number of hydrogen-bond acceptors (Lipinski definition) is 2. The van der Waals surface area contributed by atoms with Crippen LogP contribution in [-0.2, 0) is 6.61 Å². The maximum atomic E-state index is 9.31. The quantitative estimate of drug-likeness (QED) is 0.907. The molecule has 1 fully saturated rings. The van der Waals surface area contributed by atoms with Gasteiger partial charge in [0.05, 0.1) is 18.0 Å². The summed E-state index contributed by atoms with van der Waals surface area (Å²) >= 11 is 5.98. The van der Waals surface area contributed by atoms with E-state index in [-0.39, 0.29) is 6.61 Å². The number of rotatable bonds is 3. The molecule has 1 aliphatic rings. The Balaban J connectivity index is 2.03. The van der Waals surface area contributed by atoms with Crippen molar-refractivity contribution in [3.8, 4) is 5.69 Å². The van der Waals surface area contributed by atoms with Crippen molar-refractivity contribution in [2.75, 3.05) is 0 Å². The Morgan fingerprint density at radius 3 is 2.88 bits per heavy atom. The van der Waals surface area contributed by atoms with Crippen LogP contribution in [0.3, 0.4) is 0 Å². The summed E-state index contributed by atoms with van der Waals surface area (Å²) < 4.78 is 1.80. The Bertz CT molecular complexity index is 546. The molecule has 0 aliphatic heterocycles. The van der Waals surface area contributed by atoms with Gasteiger partial charge in [0.2, 0.25) is 0 Å². The van der Waals surface area contributed by atoms with Crippen molar-refractivity contribution in [2.45, 2.75) is 25.4 Å². The summed E-state index contributed by atoms with van der Waals surface area (Å²) in [4.78, 5) is 0. The number of halogens is 1. The first-order valence-corrected chi connectivity index (χ1v) is 6.11. The average Bonchev–Trinajstić information content (AvgIpc) is 3.07. The molecule has 1 aliphatic carbocycles. The molecule has 0 radical (unpaired) electrons. The van der Waals surface area contributed by atoms with Crippen LogP contribution in [0.4, 0.5) is 0 Å². The monoisotopic (exact) mass is 248 g/mol. The maximum Gasteiger partial charge on any atom is 0.0715 e. The molecular weight excluding hydrogens is 236 g/mol. The summed E-state index contributed by atoms with van der Waals surface area (Å²) in [6, 6.07) is 7.48. The molecule has 0 unspecified atom stereocenters. The fraction of sp³-hybridized carbons (Fsp3) is 0.308. The predicted octanol–water partition coefficient (Wildman–Crippen LogP) is 2.90. The zero-order valence-electron chi connectivity index (χ0n) is 9.31.